The largest absolute Gasteiger partial charge is 0.262 e. The van der Waals surface area contributed by atoms with E-state index in [4.69, 9.17) is 11.6 Å². The number of H-pyrrole nitrogens is 1. The first-order valence-corrected chi connectivity index (χ1v) is 6.20. The lowest BCUT2D eigenvalue weighted by atomic mass is 10.6. The molecule has 6 nitrogen and oxygen atoms in total. The van der Waals surface area contributed by atoms with E-state index in [-0.39, 0.29) is 12.3 Å². The summed E-state index contributed by atoms with van der Waals surface area (Å²) in [4.78, 5) is 3.78. The van der Waals surface area contributed by atoms with Crippen molar-refractivity contribution < 1.29 is 8.42 Å². The predicted octanol–water partition coefficient (Wildman–Crippen LogP) is -0.147. The van der Waals surface area contributed by atoms with Crippen LogP contribution in [0.2, 0.25) is 0 Å². The van der Waals surface area contributed by atoms with Crippen LogP contribution in [0.3, 0.4) is 0 Å². The Hall–Kier alpha value is -0.660. The van der Waals surface area contributed by atoms with E-state index in [0.29, 0.717) is 18.1 Å². The van der Waals surface area contributed by atoms with Crippen LogP contribution in [0.4, 0.5) is 0 Å². The zero-order chi connectivity index (χ0) is 10.4. The lowest BCUT2D eigenvalue weighted by Gasteiger charge is -2.02. The van der Waals surface area contributed by atoms with Gasteiger partial charge in [0, 0.05) is 5.88 Å². The summed E-state index contributed by atoms with van der Waals surface area (Å²) in [6.07, 6.45) is 1.76. The van der Waals surface area contributed by atoms with Gasteiger partial charge in [-0.2, -0.15) is 5.10 Å². The van der Waals surface area contributed by atoms with E-state index >= 15 is 0 Å². The number of halogens is 1. The maximum Gasteiger partial charge on any atom is 0.212 e. The Morgan fingerprint density at radius 3 is 2.93 bits per heavy atom. The Bertz CT molecular complexity index is 350. The number of sulfonamides is 1. The quantitative estimate of drug-likeness (QED) is 0.675. The van der Waals surface area contributed by atoms with Crippen LogP contribution < -0.4 is 4.72 Å². The van der Waals surface area contributed by atoms with Gasteiger partial charge in [-0.05, 0) is 6.42 Å². The van der Waals surface area contributed by atoms with Crippen molar-refractivity contribution in [3.8, 4) is 0 Å². The van der Waals surface area contributed by atoms with Gasteiger partial charge >= 0.3 is 0 Å². The highest BCUT2D eigenvalue weighted by Crippen LogP contribution is 1.93. The van der Waals surface area contributed by atoms with Crippen molar-refractivity contribution >= 4 is 21.6 Å². The van der Waals surface area contributed by atoms with Crippen LogP contribution in [0.1, 0.15) is 12.2 Å². The van der Waals surface area contributed by atoms with Gasteiger partial charge in [-0.3, -0.25) is 5.10 Å². The van der Waals surface area contributed by atoms with Crippen molar-refractivity contribution in [2.24, 2.45) is 0 Å². The van der Waals surface area contributed by atoms with E-state index in [1.807, 2.05) is 0 Å². The average Bonchev–Trinajstić information content (AvgIpc) is 2.64. The molecule has 0 amide bonds. The predicted molar refractivity (Wildman–Crippen MR) is 52.3 cm³/mol. The Morgan fingerprint density at radius 1 is 1.57 bits per heavy atom. The number of nitrogens with one attached hydrogen (secondary N) is 2. The van der Waals surface area contributed by atoms with Gasteiger partial charge in [0.05, 0.1) is 12.3 Å². The fourth-order valence-electron chi connectivity index (χ4n) is 0.811. The summed E-state index contributed by atoms with van der Waals surface area (Å²) in [7, 11) is -3.24. The van der Waals surface area contributed by atoms with Crippen molar-refractivity contribution in [1.82, 2.24) is 19.9 Å². The van der Waals surface area contributed by atoms with Crippen molar-refractivity contribution in [3.63, 3.8) is 0 Å². The van der Waals surface area contributed by atoms with E-state index < -0.39 is 10.0 Å². The molecule has 0 saturated carbocycles. The molecule has 0 fully saturated rings. The summed E-state index contributed by atoms with van der Waals surface area (Å²) in [6, 6.07) is 0. The monoisotopic (exact) mass is 238 g/mol. The van der Waals surface area contributed by atoms with Crippen molar-refractivity contribution in [3.05, 3.63) is 12.2 Å². The van der Waals surface area contributed by atoms with Gasteiger partial charge in [-0.1, -0.05) is 0 Å². The minimum absolute atomic E-state index is 0.0324. The van der Waals surface area contributed by atoms with E-state index in [1.165, 1.54) is 6.33 Å². The maximum atomic E-state index is 11.3. The molecule has 1 rings (SSSR count). The van der Waals surface area contributed by atoms with Crippen molar-refractivity contribution in [2.75, 3.05) is 11.6 Å². The van der Waals surface area contributed by atoms with Gasteiger partial charge in [0.25, 0.3) is 0 Å². The number of hydrogen-bond acceptors (Lipinski definition) is 4. The van der Waals surface area contributed by atoms with Crippen LogP contribution in [0, 0.1) is 0 Å². The summed E-state index contributed by atoms with van der Waals surface area (Å²) >= 11 is 5.39. The molecule has 14 heavy (non-hydrogen) atoms. The number of hydrogen-bond donors (Lipinski definition) is 2. The number of alkyl halides is 1. The molecule has 1 aromatic heterocycles. The lowest BCUT2D eigenvalue weighted by molar-refractivity contribution is 0.578. The molecule has 0 unspecified atom stereocenters. The molecule has 0 aliphatic heterocycles. The van der Waals surface area contributed by atoms with Crippen LogP contribution in [-0.4, -0.2) is 35.2 Å². The van der Waals surface area contributed by atoms with Crippen LogP contribution in [0.15, 0.2) is 6.33 Å². The molecule has 0 spiro atoms. The first kappa shape index (κ1) is 11.4. The van der Waals surface area contributed by atoms with Crippen LogP contribution in [0.5, 0.6) is 0 Å². The zero-order valence-electron chi connectivity index (χ0n) is 7.40. The second-order valence-electron chi connectivity index (χ2n) is 2.61. The van der Waals surface area contributed by atoms with Gasteiger partial charge < -0.3 is 0 Å². The van der Waals surface area contributed by atoms with Crippen molar-refractivity contribution in [1.29, 1.82) is 0 Å². The SMILES string of the molecule is O=S(=O)(CCCCl)NCc1ncn[nH]1. The molecule has 0 radical (unpaired) electrons. The average molecular weight is 239 g/mol. The molecule has 0 bridgehead atoms. The van der Waals surface area contributed by atoms with Gasteiger partial charge in [0.2, 0.25) is 10.0 Å². The standard InChI is InChI=1S/C6H11ClN4O2S/c7-2-1-3-14(12,13)10-4-6-8-5-9-11-6/h5,10H,1-4H2,(H,8,9,11). The molecule has 8 heteroatoms. The molecule has 0 aromatic carbocycles. The van der Waals surface area contributed by atoms with E-state index in [0.717, 1.165) is 0 Å². The smallest absolute Gasteiger partial charge is 0.212 e. The summed E-state index contributed by atoms with van der Waals surface area (Å²) in [5.41, 5.74) is 0. The minimum atomic E-state index is -3.24. The highest BCUT2D eigenvalue weighted by molar-refractivity contribution is 7.89. The number of nitrogens with zero attached hydrogens (tertiary/aromatic N) is 2. The molecule has 2 N–H and O–H groups in total. The van der Waals surface area contributed by atoms with E-state index in [2.05, 4.69) is 19.9 Å². The second-order valence-corrected chi connectivity index (χ2v) is 4.92. The van der Waals surface area contributed by atoms with E-state index in [9.17, 15) is 8.42 Å². The zero-order valence-corrected chi connectivity index (χ0v) is 8.98. The summed E-state index contributed by atoms with van der Waals surface area (Å²) in [6.45, 7) is 0.130. The molecule has 80 valence electrons. The van der Waals surface area contributed by atoms with Gasteiger partial charge in [-0.15, -0.1) is 11.6 Å². The molecule has 1 heterocycles. The lowest BCUT2D eigenvalue weighted by Crippen LogP contribution is -2.26. The van der Waals surface area contributed by atoms with Gasteiger partial charge in [0.1, 0.15) is 12.2 Å². The van der Waals surface area contributed by atoms with E-state index in [1.54, 1.807) is 0 Å². The first-order valence-electron chi connectivity index (χ1n) is 4.01. The Kier molecular flexibility index (Phi) is 4.30. The topological polar surface area (TPSA) is 87.7 Å². The summed E-state index contributed by atoms with van der Waals surface area (Å²) in [5, 5.41) is 6.14. The minimum Gasteiger partial charge on any atom is -0.262 e. The fourth-order valence-corrected chi connectivity index (χ4v) is 2.13. The number of rotatable bonds is 6. The Balaban J connectivity index is 2.37. The van der Waals surface area contributed by atoms with Crippen LogP contribution in [0.25, 0.3) is 0 Å². The first-order chi connectivity index (χ1) is 6.64. The third kappa shape index (κ3) is 4.03. The number of aromatic nitrogens is 3. The van der Waals surface area contributed by atoms with Crippen molar-refractivity contribution in [2.45, 2.75) is 13.0 Å². The molecule has 1 aromatic rings. The molecular weight excluding hydrogens is 228 g/mol. The molecular formula is C6H11ClN4O2S. The summed E-state index contributed by atoms with van der Waals surface area (Å²) < 4.78 is 24.9. The summed E-state index contributed by atoms with van der Waals surface area (Å²) in [5.74, 6) is 0.855. The molecule has 0 aliphatic carbocycles. The highest BCUT2D eigenvalue weighted by Gasteiger charge is 2.09. The third-order valence-corrected chi connectivity index (χ3v) is 3.15. The normalized spacial score (nSPS) is 11.8. The third-order valence-electron chi connectivity index (χ3n) is 1.47. The van der Waals surface area contributed by atoms with Gasteiger partial charge in [-0.25, -0.2) is 18.1 Å². The maximum absolute atomic E-state index is 11.3. The Morgan fingerprint density at radius 2 is 2.36 bits per heavy atom. The highest BCUT2D eigenvalue weighted by atomic mass is 35.5. The molecule has 0 atom stereocenters. The second kappa shape index (κ2) is 5.28. The fraction of sp³-hybridized carbons (Fsp3) is 0.667. The Labute approximate surface area is 87.1 Å². The van der Waals surface area contributed by atoms with Crippen LogP contribution >= 0.6 is 11.6 Å². The molecule has 0 aliphatic rings. The molecule has 0 saturated heterocycles. The van der Waals surface area contributed by atoms with Crippen LogP contribution in [-0.2, 0) is 16.6 Å². The van der Waals surface area contributed by atoms with Gasteiger partial charge in [0.15, 0.2) is 0 Å². The number of aromatic amines is 1.